The van der Waals surface area contributed by atoms with Gasteiger partial charge in [0.15, 0.2) is 0 Å². The minimum atomic E-state index is 0.178. The van der Waals surface area contributed by atoms with Crippen LogP contribution in [0.25, 0.3) is 0 Å². The van der Waals surface area contributed by atoms with Gasteiger partial charge in [0.25, 0.3) is 0 Å². The molecule has 2 N–H and O–H groups in total. The zero-order valence-corrected chi connectivity index (χ0v) is 10.1. The molecule has 98 valence electrons. The molecule has 6 heteroatoms. The molecule has 1 unspecified atom stereocenters. The van der Waals surface area contributed by atoms with E-state index in [1.807, 2.05) is 5.48 Å². The number of aliphatic imine (C=N–C) groups is 1. The van der Waals surface area contributed by atoms with Crippen LogP contribution >= 0.6 is 0 Å². The Bertz CT molecular complexity index is 375. The molecule has 1 fully saturated rings. The summed E-state index contributed by atoms with van der Waals surface area (Å²) in [7, 11) is 0. The molecule has 0 amide bonds. The van der Waals surface area contributed by atoms with Gasteiger partial charge in [-0.1, -0.05) is 0 Å². The van der Waals surface area contributed by atoms with Gasteiger partial charge < -0.3 is 9.47 Å². The largest absolute Gasteiger partial charge is 0.475 e. The number of nitrogens with zero attached hydrogens (tertiary/aromatic N) is 2. The highest BCUT2D eigenvalue weighted by Gasteiger charge is 2.14. The Morgan fingerprint density at radius 3 is 3.17 bits per heavy atom. The average molecular weight is 251 g/mol. The van der Waals surface area contributed by atoms with Crippen molar-refractivity contribution >= 4 is 12.0 Å². The van der Waals surface area contributed by atoms with Crippen molar-refractivity contribution in [2.24, 2.45) is 4.99 Å². The highest BCUT2D eigenvalue weighted by atomic mass is 16.5. The lowest BCUT2D eigenvalue weighted by molar-refractivity contribution is -0.0119. The summed E-state index contributed by atoms with van der Waals surface area (Å²) in [4.78, 5) is 8.00. The van der Waals surface area contributed by atoms with E-state index in [0.717, 1.165) is 19.4 Å². The van der Waals surface area contributed by atoms with E-state index in [9.17, 15) is 0 Å². The first kappa shape index (κ1) is 12.8. The van der Waals surface area contributed by atoms with Crippen molar-refractivity contribution in [1.82, 2.24) is 10.5 Å². The molecule has 0 spiro atoms. The average Bonchev–Trinajstić information content (AvgIpc) is 2.45. The van der Waals surface area contributed by atoms with Crippen molar-refractivity contribution in [1.29, 1.82) is 0 Å². The van der Waals surface area contributed by atoms with Crippen LogP contribution in [-0.2, 0) is 4.74 Å². The molecule has 1 aliphatic heterocycles. The van der Waals surface area contributed by atoms with E-state index in [2.05, 4.69) is 9.98 Å². The van der Waals surface area contributed by atoms with Gasteiger partial charge in [-0.2, -0.15) is 0 Å². The van der Waals surface area contributed by atoms with Crippen molar-refractivity contribution in [3.05, 3.63) is 18.3 Å². The second-order valence-corrected chi connectivity index (χ2v) is 4.04. The van der Waals surface area contributed by atoms with Crippen molar-refractivity contribution in [2.75, 3.05) is 13.2 Å². The van der Waals surface area contributed by atoms with Gasteiger partial charge >= 0.3 is 0 Å². The summed E-state index contributed by atoms with van der Waals surface area (Å²) in [5, 5.41) is 8.35. The van der Waals surface area contributed by atoms with Crippen LogP contribution in [0, 0.1) is 0 Å². The number of aromatic nitrogens is 1. The molecule has 18 heavy (non-hydrogen) atoms. The maximum absolute atomic E-state index is 8.35. The zero-order valence-electron chi connectivity index (χ0n) is 10.1. The Labute approximate surface area is 106 Å². The van der Waals surface area contributed by atoms with Crippen LogP contribution in [0.3, 0.4) is 0 Å². The van der Waals surface area contributed by atoms with Crippen molar-refractivity contribution in [3.63, 3.8) is 0 Å². The lowest BCUT2D eigenvalue weighted by atomic mass is 10.1. The van der Waals surface area contributed by atoms with Gasteiger partial charge in [-0.25, -0.2) is 9.98 Å². The molecular weight excluding hydrogens is 234 g/mol. The predicted molar refractivity (Wildman–Crippen MR) is 66.4 cm³/mol. The number of hydroxylamine groups is 1. The van der Waals surface area contributed by atoms with Crippen molar-refractivity contribution in [3.8, 4) is 5.88 Å². The van der Waals surface area contributed by atoms with E-state index in [0.29, 0.717) is 18.2 Å². The monoisotopic (exact) mass is 251 g/mol. The topological polar surface area (TPSA) is 76.0 Å². The van der Waals surface area contributed by atoms with E-state index in [1.54, 1.807) is 18.3 Å². The molecule has 1 aromatic heterocycles. The van der Waals surface area contributed by atoms with E-state index in [4.69, 9.17) is 14.7 Å². The van der Waals surface area contributed by atoms with Gasteiger partial charge in [0.05, 0.1) is 18.0 Å². The number of rotatable bonds is 5. The molecule has 1 aromatic rings. The first-order valence-electron chi connectivity index (χ1n) is 6.01. The normalized spacial score (nSPS) is 19.9. The zero-order chi connectivity index (χ0) is 12.6. The number of pyridine rings is 1. The minimum absolute atomic E-state index is 0.178. The second kappa shape index (κ2) is 6.93. The summed E-state index contributed by atoms with van der Waals surface area (Å²) in [5.74, 6) is 0.556. The molecule has 0 saturated carbocycles. The highest BCUT2D eigenvalue weighted by molar-refractivity contribution is 5.59. The standard InChI is InChI=1S/C12H17N3O3/c16-15-9-14-10-4-5-12(13-7-10)18-8-11-3-1-2-6-17-11/h4-5,7,9,11,16H,1-3,6,8H2,(H,14,15). The molecule has 2 heterocycles. The van der Waals surface area contributed by atoms with Crippen molar-refractivity contribution < 1.29 is 14.7 Å². The van der Waals surface area contributed by atoms with Gasteiger partial charge in [-0.3, -0.25) is 10.7 Å². The SMILES string of the molecule is ONC=Nc1ccc(OCC2CCCCO2)nc1. The minimum Gasteiger partial charge on any atom is -0.475 e. The third kappa shape index (κ3) is 3.97. The summed E-state index contributed by atoms with van der Waals surface area (Å²) in [6, 6.07) is 3.50. The fourth-order valence-electron chi connectivity index (χ4n) is 1.75. The third-order valence-corrected chi connectivity index (χ3v) is 2.68. The highest BCUT2D eigenvalue weighted by Crippen LogP contribution is 2.16. The van der Waals surface area contributed by atoms with E-state index in [1.165, 1.54) is 12.8 Å². The van der Waals surface area contributed by atoms with Crippen molar-refractivity contribution in [2.45, 2.75) is 25.4 Å². The van der Waals surface area contributed by atoms with Gasteiger partial charge in [0.2, 0.25) is 5.88 Å². The van der Waals surface area contributed by atoms with Crippen LogP contribution in [-0.4, -0.2) is 35.8 Å². The third-order valence-electron chi connectivity index (χ3n) is 2.68. The summed E-state index contributed by atoms with van der Waals surface area (Å²) in [6.07, 6.45) is 6.31. The summed E-state index contributed by atoms with van der Waals surface area (Å²) < 4.78 is 11.1. The van der Waals surface area contributed by atoms with E-state index in [-0.39, 0.29) is 6.10 Å². The molecule has 1 atom stereocenters. The predicted octanol–water partition coefficient (Wildman–Crippen LogP) is 1.67. The lowest BCUT2D eigenvalue weighted by Crippen LogP contribution is -2.25. The molecule has 0 bridgehead atoms. The Morgan fingerprint density at radius 1 is 1.56 bits per heavy atom. The molecule has 1 saturated heterocycles. The Morgan fingerprint density at radius 2 is 2.50 bits per heavy atom. The van der Waals surface area contributed by atoms with Crippen LogP contribution in [0.15, 0.2) is 23.3 Å². The number of hydrogen-bond donors (Lipinski definition) is 2. The summed E-state index contributed by atoms with van der Waals surface area (Å²) in [5.41, 5.74) is 2.47. The van der Waals surface area contributed by atoms with Crippen LogP contribution in [0.1, 0.15) is 19.3 Å². The molecule has 0 aliphatic carbocycles. The van der Waals surface area contributed by atoms with Gasteiger partial charge in [0.1, 0.15) is 12.9 Å². The Balaban J connectivity index is 1.80. The summed E-state index contributed by atoms with van der Waals surface area (Å²) >= 11 is 0. The van der Waals surface area contributed by atoms with Crippen LogP contribution in [0.4, 0.5) is 5.69 Å². The Kier molecular flexibility index (Phi) is 4.92. The van der Waals surface area contributed by atoms with Gasteiger partial charge in [-0.05, 0) is 25.3 Å². The molecule has 1 aliphatic rings. The van der Waals surface area contributed by atoms with Crippen LogP contribution in [0.2, 0.25) is 0 Å². The fourth-order valence-corrected chi connectivity index (χ4v) is 1.75. The van der Waals surface area contributed by atoms with E-state index < -0.39 is 0 Å². The molecule has 6 nitrogen and oxygen atoms in total. The molecule has 0 radical (unpaired) electrons. The molecule has 2 rings (SSSR count). The lowest BCUT2D eigenvalue weighted by Gasteiger charge is -2.22. The first-order chi connectivity index (χ1) is 8.88. The first-order valence-corrected chi connectivity index (χ1v) is 6.01. The summed E-state index contributed by atoms with van der Waals surface area (Å²) in [6.45, 7) is 1.36. The van der Waals surface area contributed by atoms with Crippen LogP contribution in [0.5, 0.6) is 5.88 Å². The van der Waals surface area contributed by atoms with Gasteiger partial charge in [-0.15, -0.1) is 0 Å². The number of nitrogens with one attached hydrogen (secondary N) is 1. The van der Waals surface area contributed by atoms with E-state index >= 15 is 0 Å². The smallest absolute Gasteiger partial charge is 0.213 e. The quantitative estimate of drug-likeness (QED) is 0.473. The second-order valence-electron chi connectivity index (χ2n) is 4.04. The molecule has 0 aromatic carbocycles. The van der Waals surface area contributed by atoms with Gasteiger partial charge in [0, 0.05) is 12.7 Å². The number of ether oxygens (including phenoxy) is 2. The maximum Gasteiger partial charge on any atom is 0.213 e. The number of hydrogen-bond acceptors (Lipinski definition) is 5. The Hall–Kier alpha value is -1.66. The van der Waals surface area contributed by atoms with Crippen LogP contribution < -0.4 is 10.2 Å². The fraction of sp³-hybridized carbons (Fsp3) is 0.500. The maximum atomic E-state index is 8.35. The molecular formula is C12H17N3O3.